The summed E-state index contributed by atoms with van der Waals surface area (Å²) in [7, 11) is 0. The van der Waals surface area contributed by atoms with Gasteiger partial charge in [0.2, 0.25) is 0 Å². The van der Waals surface area contributed by atoms with E-state index >= 15 is 0 Å². The molecule has 0 aliphatic carbocycles. The van der Waals surface area contributed by atoms with E-state index in [0.29, 0.717) is 5.56 Å². The zero-order valence-corrected chi connectivity index (χ0v) is 12.6. The Kier molecular flexibility index (Phi) is 4.26. The SMILES string of the molecule is CC(N)(c1cc(F)ccc1Cl)c1cc(F)c(Cl)cc1Cl. The fourth-order valence-corrected chi connectivity index (χ4v) is 2.85. The zero-order valence-electron chi connectivity index (χ0n) is 10.4. The van der Waals surface area contributed by atoms with Gasteiger partial charge in [-0.05, 0) is 48.4 Å². The predicted octanol–water partition coefficient (Wildman–Crippen LogP) is 5.15. The molecule has 0 bridgehead atoms. The van der Waals surface area contributed by atoms with Crippen molar-refractivity contribution < 1.29 is 8.78 Å². The molecule has 0 aliphatic rings. The highest BCUT2D eigenvalue weighted by Crippen LogP contribution is 2.37. The van der Waals surface area contributed by atoms with Gasteiger partial charge in [-0.15, -0.1) is 0 Å². The third kappa shape index (κ3) is 2.77. The van der Waals surface area contributed by atoms with E-state index in [2.05, 4.69) is 0 Å². The molecule has 0 fully saturated rings. The molecule has 1 atom stereocenters. The lowest BCUT2D eigenvalue weighted by molar-refractivity contribution is 0.570. The van der Waals surface area contributed by atoms with Crippen molar-refractivity contribution in [1.82, 2.24) is 0 Å². The van der Waals surface area contributed by atoms with Crippen molar-refractivity contribution in [1.29, 1.82) is 0 Å². The average Bonchev–Trinajstić information content (AvgIpc) is 2.36. The van der Waals surface area contributed by atoms with E-state index < -0.39 is 17.2 Å². The molecule has 106 valence electrons. The van der Waals surface area contributed by atoms with Gasteiger partial charge in [-0.3, -0.25) is 0 Å². The molecule has 1 nitrogen and oxygen atoms in total. The number of rotatable bonds is 2. The molecule has 0 heterocycles. The first-order valence-corrected chi connectivity index (χ1v) is 6.76. The summed E-state index contributed by atoms with van der Waals surface area (Å²) in [5.74, 6) is -1.15. The summed E-state index contributed by atoms with van der Waals surface area (Å²) in [6, 6.07) is 6.19. The average molecular weight is 337 g/mol. The largest absolute Gasteiger partial charge is 0.318 e. The minimum absolute atomic E-state index is 0.111. The Morgan fingerprint density at radius 3 is 2.15 bits per heavy atom. The van der Waals surface area contributed by atoms with Gasteiger partial charge >= 0.3 is 0 Å². The highest BCUT2D eigenvalue weighted by molar-refractivity contribution is 6.35. The van der Waals surface area contributed by atoms with Crippen molar-refractivity contribution in [3.8, 4) is 0 Å². The Labute approximate surface area is 130 Å². The van der Waals surface area contributed by atoms with E-state index in [9.17, 15) is 8.78 Å². The molecular weight excluding hydrogens is 327 g/mol. The van der Waals surface area contributed by atoms with E-state index in [1.165, 1.54) is 24.3 Å². The van der Waals surface area contributed by atoms with Gasteiger partial charge in [0.25, 0.3) is 0 Å². The molecule has 6 heteroatoms. The maximum Gasteiger partial charge on any atom is 0.142 e. The quantitative estimate of drug-likeness (QED) is 0.754. The molecule has 2 aromatic rings. The van der Waals surface area contributed by atoms with Gasteiger partial charge in [0.1, 0.15) is 11.6 Å². The smallest absolute Gasteiger partial charge is 0.142 e. The van der Waals surface area contributed by atoms with E-state index in [1.807, 2.05) is 0 Å². The van der Waals surface area contributed by atoms with E-state index in [1.54, 1.807) is 6.92 Å². The van der Waals surface area contributed by atoms with E-state index in [0.717, 1.165) is 6.07 Å². The van der Waals surface area contributed by atoms with Crippen molar-refractivity contribution in [2.75, 3.05) is 0 Å². The minimum atomic E-state index is -1.26. The van der Waals surface area contributed by atoms with Gasteiger partial charge in [0.15, 0.2) is 0 Å². The molecule has 0 radical (unpaired) electrons. The first-order valence-electron chi connectivity index (χ1n) is 5.63. The predicted molar refractivity (Wildman–Crippen MR) is 78.5 cm³/mol. The summed E-state index contributed by atoms with van der Waals surface area (Å²) < 4.78 is 27.0. The fourth-order valence-electron chi connectivity index (χ4n) is 1.96. The lowest BCUT2D eigenvalue weighted by Gasteiger charge is -2.28. The zero-order chi connectivity index (χ0) is 15.1. The summed E-state index contributed by atoms with van der Waals surface area (Å²) in [5.41, 5.74) is 5.52. The minimum Gasteiger partial charge on any atom is -0.318 e. The van der Waals surface area contributed by atoms with Gasteiger partial charge < -0.3 is 5.73 Å². The van der Waals surface area contributed by atoms with Crippen LogP contribution >= 0.6 is 34.8 Å². The Hall–Kier alpha value is -0.870. The normalized spacial score (nSPS) is 14.2. The van der Waals surface area contributed by atoms with Crippen LogP contribution < -0.4 is 5.73 Å². The topological polar surface area (TPSA) is 26.0 Å². The summed E-state index contributed by atoms with van der Waals surface area (Å²) in [5, 5.41) is 0.337. The maximum absolute atomic E-state index is 13.6. The number of hydrogen-bond acceptors (Lipinski definition) is 1. The monoisotopic (exact) mass is 335 g/mol. The van der Waals surface area contributed by atoms with Crippen LogP contribution in [0.4, 0.5) is 8.78 Å². The highest BCUT2D eigenvalue weighted by atomic mass is 35.5. The molecule has 0 aliphatic heterocycles. The lowest BCUT2D eigenvalue weighted by atomic mass is 9.85. The number of nitrogens with two attached hydrogens (primary N) is 1. The summed E-state index contributed by atoms with van der Waals surface area (Å²) in [4.78, 5) is 0. The maximum atomic E-state index is 13.6. The van der Waals surface area contributed by atoms with Crippen molar-refractivity contribution in [3.05, 3.63) is 68.2 Å². The second-order valence-corrected chi connectivity index (χ2v) is 5.79. The molecule has 2 rings (SSSR count). The Bertz CT molecular complexity index is 672. The summed E-state index contributed by atoms with van der Waals surface area (Å²) in [6.07, 6.45) is 0. The molecule has 0 spiro atoms. The van der Waals surface area contributed by atoms with Gasteiger partial charge in [-0.2, -0.15) is 0 Å². The number of halogens is 5. The van der Waals surface area contributed by atoms with Gasteiger partial charge in [-0.25, -0.2) is 8.78 Å². The van der Waals surface area contributed by atoms with Gasteiger partial charge in [0, 0.05) is 10.0 Å². The van der Waals surface area contributed by atoms with Crippen molar-refractivity contribution >= 4 is 34.8 Å². The molecule has 0 amide bonds. The number of benzene rings is 2. The first kappa shape index (κ1) is 15.5. The Morgan fingerprint density at radius 1 is 0.900 bits per heavy atom. The second-order valence-electron chi connectivity index (χ2n) is 4.57. The van der Waals surface area contributed by atoms with Crippen LogP contribution in [0.1, 0.15) is 18.1 Å². The molecule has 2 aromatic carbocycles. The van der Waals surface area contributed by atoms with Crippen LogP contribution in [0.3, 0.4) is 0 Å². The van der Waals surface area contributed by atoms with Crippen LogP contribution in [-0.4, -0.2) is 0 Å². The molecule has 0 saturated heterocycles. The second kappa shape index (κ2) is 5.49. The molecule has 1 unspecified atom stereocenters. The summed E-state index contributed by atoms with van der Waals surface area (Å²) >= 11 is 17.8. The molecule has 0 aromatic heterocycles. The van der Waals surface area contributed by atoms with Gasteiger partial charge in [0.05, 0.1) is 10.6 Å². The van der Waals surface area contributed by atoms with E-state index in [4.69, 9.17) is 40.5 Å². The van der Waals surface area contributed by atoms with Crippen LogP contribution in [0.15, 0.2) is 30.3 Å². The first-order chi connectivity index (χ1) is 9.23. The molecule has 2 N–H and O–H groups in total. The van der Waals surface area contributed by atoms with Gasteiger partial charge in [-0.1, -0.05) is 34.8 Å². The van der Waals surface area contributed by atoms with Crippen molar-refractivity contribution in [2.24, 2.45) is 5.73 Å². The lowest BCUT2D eigenvalue weighted by Crippen LogP contribution is -2.35. The van der Waals surface area contributed by atoms with Crippen LogP contribution in [-0.2, 0) is 5.54 Å². The Morgan fingerprint density at radius 2 is 1.50 bits per heavy atom. The van der Waals surface area contributed by atoms with Crippen LogP contribution in [0.5, 0.6) is 0 Å². The summed E-state index contributed by atoms with van der Waals surface area (Å²) in [6.45, 7) is 1.57. The molecular formula is C14H10Cl3F2N. The molecule has 20 heavy (non-hydrogen) atoms. The van der Waals surface area contributed by atoms with Crippen molar-refractivity contribution in [2.45, 2.75) is 12.5 Å². The molecule has 0 saturated carbocycles. The third-order valence-electron chi connectivity index (χ3n) is 3.06. The van der Waals surface area contributed by atoms with Crippen LogP contribution in [0.25, 0.3) is 0 Å². The fraction of sp³-hybridized carbons (Fsp3) is 0.143. The van der Waals surface area contributed by atoms with Crippen LogP contribution in [0.2, 0.25) is 15.1 Å². The van der Waals surface area contributed by atoms with Crippen molar-refractivity contribution in [3.63, 3.8) is 0 Å². The standard InChI is InChI=1S/C14H10Cl3F2N/c1-14(20,8-4-7(18)2-3-10(8)15)9-5-13(19)12(17)6-11(9)16/h2-6H,20H2,1H3. The third-order valence-corrected chi connectivity index (χ3v) is 3.99. The Balaban J connectivity index is 2.66. The van der Waals surface area contributed by atoms with E-state index in [-0.39, 0.29) is 20.6 Å². The van der Waals surface area contributed by atoms with Crippen LogP contribution in [0, 0.1) is 11.6 Å². The highest BCUT2D eigenvalue weighted by Gasteiger charge is 2.30. The number of hydrogen-bond donors (Lipinski definition) is 1.